The summed E-state index contributed by atoms with van der Waals surface area (Å²) in [5.41, 5.74) is 1.66. The number of piperidine rings is 1. The number of unbranched alkanes of at least 4 members (excludes halogenated alkanes) is 1. The van der Waals surface area contributed by atoms with E-state index in [1.807, 2.05) is 6.07 Å². The molecule has 6 nitrogen and oxygen atoms in total. The lowest BCUT2D eigenvalue weighted by molar-refractivity contribution is 0.0827. The van der Waals surface area contributed by atoms with Crippen molar-refractivity contribution in [3.05, 3.63) is 28.8 Å². The summed E-state index contributed by atoms with van der Waals surface area (Å²) in [5, 5.41) is 12.9. The smallest absolute Gasteiger partial charge is 0.407 e. The number of nitrogens with zero attached hydrogens (tertiary/aromatic N) is 2. The average Bonchev–Trinajstić information content (AvgIpc) is 2.61. The molecule has 1 aliphatic rings. The molecule has 0 saturated carbocycles. The number of rotatable bonds is 7. The highest BCUT2D eigenvalue weighted by Crippen LogP contribution is 2.35. The van der Waals surface area contributed by atoms with Gasteiger partial charge in [0.2, 0.25) is 0 Å². The Morgan fingerprint density at radius 3 is 2.48 bits per heavy atom. The maximum atomic E-state index is 12.0. The number of anilines is 1. The largest absolute Gasteiger partial charge is 0.465 e. The number of carboxylic acid groups (broad SMARTS) is 1. The van der Waals surface area contributed by atoms with E-state index in [9.17, 15) is 9.59 Å². The van der Waals surface area contributed by atoms with Crippen LogP contribution in [0.3, 0.4) is 0 Å². The van der Waals surface area contributed by atoms with Crippen molar-refractivity contribution in [2.24, 2.45) is 5.41 Å². The van der Waals surface area contributed by atoms with Gasteiger partial charge in [-0.25, -0.2) is 4.79 Å². The summed E-state index contributed by atoms with van der Waals surface area (Å²) >= 11 is 6.23. The molecule has 27 heavy (non-hydrogen) atoms. The zero-order valence-corrected chi connectivity index (χ0v) is 17.2. The summed E-state index contributed by atoms with van der Waals surface area (Å²) in [6, 6.07) is 5.43. The van der Waals surface area contributed by atoms with Crippen molar-refractivity contribution >= 4 is 29.3 Å². The molecule has 0 bridgehead atoms. The van der Waals surface area contributed by atoms with Crippen LogP contribution in [0.4, 0.5) is 10.5 Å². The number of hydrogen-bond donors (Lipinski definition) is 2. The number of benzene rings is 1. The molecule has 7 heteroatoms. The maximum absolute atomic E-state index is 12.0. The van der Waals surface area contributed by atoms with Crippen molar-refractivity contribution < 1.29 is 14.7 Å². The first-order chi connectivity index (χ1) is 12.7. The minimum Gasteiger partial charge on any atom is -0.465 e. The molecule has 1 heterocycles. The molecule has 150 valence electrons. The number of nitrogens with one attached hydrogen (secondary N) is 1. The Morgan fingerprint density at radius 1 is 1.26 bits per heavy atom. The van der Waals surface area contributed by atoms with Gasteiger partial charge in [0.05, 0.1) is 10.6 Å². The Morgan fingerprint density at radius 2 is 1.93 bits per heavy atom. The summed E-state index contributed by atoms with van der Waals surface area (Å²) in [5.74, 6) is -0.103. The van der Waals surface area contributed by atoms with E-state index in [-0.39, 0.29) is 11.3 Å². The van der Waals surface area contributed by atoms with Crippen molar-refractivity contribution in [1.82, 2.24) is 9.80 Å². The second kappa shape index (κ2) is 9.31. The SMILES string of the molecule is CN(C)C(=O)c1ccc(NCCCCC2(C)CCN(C(=O)O)CC2)cc1Cl. The van der Waals surface area contributed by atoms with Crippen LogP contribution in [0.15, 0.2) is 18.2 Å². The lowest BCUT2D eigenvalue weighted by Crippen LogP contribution is -2.41. The first-order valence-corrected chi connectivity index (χ1v) is 9.83. The third-order valence-electron chi connectivity index (χ3n) is 5.38. The van der Waals surface area contributed by atoms with Gasteiger partial charge in [0.25, 0.3) is 5.91 Å². The summed E-state index contributed by atoms with van der Waals surface area (Å²) in [7, 11) is 3.41. The fourth-order valence-corrected chi connectivity index (χ4v) is 3.70. The van der Waals surface area contributed by atoms with Crippen molar-refractivity contribution in [3.8, 4) is 0 Å². The molecule has 1 fully saturated rings. The van der Waals surface area contributed by atoms with Gasteiger partial charge in [-0.3, -0.25) is 4.79 Å². The van der Waals surface area contributed by atoms with Crippen LogP contribution in [0, 0.1) is 5.41 Å². The third-order valence-corrected chi connectivity index (χ3v) is 5.70. The predicted octanol–water partition coefficient (Wildman–Crippen LogP) is 4.40. The average molecular weight is 396 g/mol. The van der Waals surface area contributed by atoms with Crippen LogP contribution < -0.4 is 5.32 Å². The Kier molecular flexibility index (Phi) is 7.36. The van der Waals surface area contributed by atoms with Crippen LogP contribution >= 0.6 is 11.6 Å². The van der Waals surface area contributed by atoms with Crippen molar-refractivity contribution in [1.29, 1.82) is 0 Å². The molecule has 1 aliphatic heterocycles. The molecule has 1 aromatic rings. The van der Waals surface area contributed by atoms with Crippen LogP contribution in [-0.4, -0.2) is 60.6 Å². The highest BCUT2D eigenvalue weighted by molar-refractivity contribution is 6.34. The van der Waals surface area contributed by atoms with Gasteiger partial charge in [-0.15, -0.1) is 0 Å². The van der Waals surface area contributed by atoms with Gasteiger partial charge >= 0.3 is 6.09 Å². The molecule has 0 atom stereocenters. The molecule has 0 aliphatic carbocycles. The quantitative estimate of drug-likeness (QED) is 0.671. The zero-order chi connectivity index (χ0) is 20.0. The summed E-state index contributed by atoms with van der Waals surface area (Å²) in [4.78, 5) is 26.0. The van der Waals surface area contributed by atoms with Crippen LogP contribution in [0.5, 0.6) is 0 Å². The van der Waals surface area contributed by atoms with E-state index in [0.29, 0.717) is 23.7 Å². The Hall–Kier alpha value is -1.95. The van der Waals surface area contributed by atoms with Gasteiger partial charge in [-0.05, 0) is 49.3 Å². The fraction of sp³-hybridized carbons (Fsp3) is 0.600. The lowest BCUT2D eigenvalue weighted by atomic mass is 9.76. The second-order valence-electron chi connectivity index (χ2n) is 7.86. The van der Waals surface area contributed by atoms with Gasteiger partial charge in [-0.2, -0.15) is 0 Å². The minimum absolute atomic E-state index is 0.103. The molecular weight excluding hydrogens is 366 g/mol. The monoisotopic (exact) mass is 395 g/mol. The van der Waals surface area contributed by atoms with E-state index < -0.39 is 6.09 Å². The van der Waals surface area contributed by atoms with Crippen LogP contribution in [0.25, 0.3) is 0 Å². The van der Waals surface area contributed by atoms with Gasteiger partial charge < -0.3 is 20.2 Å². The molecule has 0 unspecified atom stereocenters. The summed E-state index contributed by atoms with van der Waals surface area (Å²) in [6.45, 7) is 4.38. The fourth-order valence-electron chi connectivity index (χ4n) is 3.44. The zero-order valence-electron chi connectivity index (χ0n) is 16.4. The lowest BCUT2D eigenvalue weighted by Gasteiger charge is -2.38. The van der Waals surface area contributed by atoms with E-state index >= 15 is 0 Å². The first-order valence-electron chi connectivity index (χ1n) is 9.45. The van der Waals surface area contributed by atoms with Gasteiger partial charge in [0.1, 0.15) is 0 Å². The normalized spacial score (nSPS) is 16.1. The third kappa shape index (κ3) is 6.03. The van der Waals surface area contributed by atoms with E-state index in [1.165, 1.54) is 9.80 Å². The van der Waals surface area contributed by atoms with Gasteiger partial charge in [0.15, 0.2) is 0 Å². The molecule has 0 spiro atoms. The summed E-state index contributed by atoms with van der Waals surface area (Å²) < 4.78 is 0. The molecule has 0 radical (unpaired) electrons. The molecule has 2 amide bonds. The van der Waals surface area contributed by atoms with E-state index in [0.717, 1.165) is 44.3 Å². The van der Waals surface area contributed by atoms with Crippen LogP contribution in [0.2, 0.25) is 5.02 Å². The summed E-state index contributed by atoms with van der Waals surface area (Å²) in [6.07, 6.45) is 4.31. The Balaban J connectivity index is 1.72. The number of likely N-dealkylation sites (tertiary alicyclic amines) is 1. The molecular formula is C20H30ClN3O3. The van der Waals surface area contributed by atoms with E-state index in [4.69, 9.17) is 16.7 Å². The number of amides is 2. The van der Waals surface area contributed by atoms with Crippen molar-refractivity contribution in [3.63, 3.8) is 0 Å². The maximum Gasteiger partial charge on any atom is 0.407 e. The van der Waals surface area contributed by atoms with E-state index in [2.05, 4.69) is 12.2 Å². The first kappa shape index (κ1) is 21.4. The Labute approximate surface area is 166 Å². The standard InChI is InChI=1S/C20H30ClN3O3/c1-20(9-12-24(13-10-20)19(26)27)8-4-5-11-22-15-6-7-16(17(21)14-15)18(25)23(2)3/h6-7,14,22H,4-5,8-13H2,1-3H3,(H,26,27). The van der Waals surface area contributed by atoms with Crippen LogP contribution in [-0.2, 0) is 0 Å². The number of halogens is 1. The molecule has 0 aromatic heterocycles. The topological polar surface area (TPSA) is 72.9 Å². The molecule has 2 rings (SSSR count). The molecule has 1 saturated heterocycles. The molecule has 2 N–H and O–H groups in total. The highest BCUT2D eigenvalue weighted by Gasteiger charge is 2.31. The van der Waals surface area contributed by atoms with Gasteiger partial charge in [0, 0.05) is 39.4 Å². The van der Waals surface area contributed by atoms with Crippen molar-refractivity contribution in [2.45, 2.75) is 39.0 Å². The van der Waals surface area contributed by atoms with Gasteiger partial charge in [-0.1, -0.05) is 24.9 Å². The number of hydrogen-bond acceptors (Lipinski definition) is 3. The molecule has 1 aromatic carbocycles. The predicted molar refractivity (Wildman–Crippen MR) is 109 cm³/mol. The van der Waals surface area contributed by atoms with E-state index in [1.54, 1.807) is 26.2 Å². The van der Waals surface area contributed by atoms with Crippen molar-refractivity contribution in [2.75, 3.05) is 39.0 Å². The van der Waals surface area contributed by atoms with Crippen LogP contribution in [0.1, 0.15) is 49.4 Å². The Bertz CT molecular complexity index is 670. The number of carbonyl (C=O) groups excluding carboxylic acids is 1. The second-order valence-corrected chi connectivity index (χ2v) is 8.27. The number of carbonyl (C=O) groups is 2. The minimum atomic E-state index is -0.807. The highest BCUT2D eigenvalue weighted by atomic mass is 35.5.